The van der Waals surface area contributed by atoms with Gasteiger partial charge in [-0.25, -0.2) is 9.67 Å². The van der Waals surface area contributed by atoms with Crippen LogP contribution in [0, 0.1) is 0 Å². The second-order valence-electron chi connectivity index (χ2n) is 3.25. The smallest absolute Gasteiger partial charge is 0.185 e. The Balaban J connectivity index is 2.35. The molecule has 80 valence electrons. The number of thioether (sulfide) groups is 1. The molecule has 0 bridgehead atoms. The molecule has 1 atom stereocenters. The predicted molar refractivity (Wildman–Crippen MR) is 59.5 cm³/mol. The summed E-state index contributed by atoms with van der Waals surface area (Å²) in [5.74, 6) is 1.05. The van der Waals surface area contributed by atoms with E-state index in [1.165, 1.54) is 12.8 Å². The van der Waals surface area contributed by atoms with Crippen molar-refractivity contribution in [3.63, 3.8) is 0 Å². The summed E-state index contributed by atoms with van der Waals surface area (Å²) >= 11 is 1.75. The third kappa shape index (κ3) is 3.31. The lowest BCUT2D eigenvalue weighted by molar-refractivity contribution is 0.563. The molecule has 0 spiro atoms. The Morgan fingerprint density at radius 1 is 1.64 bits per heavy atom. The van der Waals surface area contributed by atoms with Gasteiger partial charge in [-0.2, -0.15) is 5.10 Å². The highest BCUT2D eigenvalue weighted by molar-refractivity contribution is 7.99. The Morgan fingerprint density at radius 3 is 2.93 bits per heavy atom. The van der Waals surface area contributed by atoms with Crippen molar-refractivity contribution in [2.45, 2.75) is 31.0 Å². The average molecular weight is 214 g/mol. The van der Waals surface area contributed by atoms with Crippen LogP contribution in [-0.2, 0) is 7.05 Å². The van der Waals surface area contributed by atoms with Crippen LogP contribution in [0.3, 0.4) is 0 Å². The topological polar surface area (TPSA) is 42.7 Å². The van der Waals surface area contributed by atoms with Gasteiger partial charge >= 0.3 is 0 Å². The van der Waals surface area contributed by atoms with E-state index < -0.39 is 0 Å². The number of nitrogens with zero attached hydrogens (tertiary/aromatic N) is 3. The number of aromatic nitrogens is 3. The van der Waals surface area contributed by atoms with Crippen molar-refractivity contribution in [3.8, 4) is 0 Å². The molecule has 1 unspecified atom stereocenters. The van der Waals surface area contributed by atoms with Gasteiger partial charge in [0.2, 0.25) is 0 Å². The summed E-state index contributed by atoms with van der Waals surface area (Å²) in [4.78, 5) is 4.17. The molecule has 0 saturated heterocycles. The zero-order chi connectivity index (χ0) is 10.4. The molecule has 1 N–H and O–H groups in total. The minimum Gasteiger partial charge on any atom is -0.316 e. The largest absolute Gasteiger partial charge is 0.316 e. The van der Waals surface area contributed by atoms with Crippen molar-refractivity contribution in [2.75, 3.05) is 12.8 Å². The van der Waals surface area contributed by atoms with Gasteiger partial charge in [-0.1, -0.05) is 25.1 Å². The van der Waals surface area contributed by atoms with Gasteiger partial charge in [-0.05, 0) is 13.5 Å². The molecule has 0 aliphatic rings. The maximum Gasteiger partial charge on any atom is 0.185 e. The first-order chi connectivity index (χ1) is 6.77. The Hall–Kier alpha value is -0.550. The summed E-state index contributed by atoms with van der Waals surface area (Å²) in [6, 6.07) is 0.571. The minimum absolute atomic E-state index is 0.571. The molecule has 4 nitrogen and oxygen atoms in total. The molecule has 1 aromatic rings. The normalized spacial score (nSPS) is 13.1. The lowest BCUT2D eigenvalue weighted by Gasteiger charge is -2.13. The molecule has 1 heterocycles. The van der Waals surface area contributed by atoms with Crippen molar-refractivity contribution in [3.05, 3.63) is 6.33 Å². The van der Waals surface area contributed by atoms with E-state index in [-0.39, 0.29) is 0 Å². The van der Waals surface area contributed by atoms with Gasteiger partial charge in [0.15, 0.2) is 5.16 Å². The zero-order valence-corrected chi connectivity index (χ0v) is 9.84. The zero-order valence-electron chi connectivity index (χ0n) is 9.03. The third-order valence-electron chi connectivity index (χ3n) is 2.13. The summed E-state index contributed by atoms with van der Waals surface area (Å²) < 4.78 is 1.81. The van der Waals surface area contributed by atoms with Crippen LogP contribution in [0.5, 0.6) is 0 Å². The molecule has 0 radical (unpaired) electrons. The Kier molecular flexibility index (Phi) is 4.97. The number of hydrogen-bond donors (Lipinski definition) is 1. The van der Waals surface area contributed by atoms with Crippen LogP contribution >= 0.6 is 11.8 Å². The van der Waals surface area contributed by atoms with Crippen LogP contribution in [0.2, 0.25) is 0 Å². The van der Waals surface area contributed by atoms with Crippen LogP contribution in [0.15, 0.2) is 11.5 Å². The fourth-order valence-electron chi connectivity index (χ4n) is 1.25. The first-order valence-electron chi connectivity index (χ1n) is 4.92. The van der Waals surface area contributed by atoms with Crippen LogP contribution in [0.4, 0.5) is 0 Å². The fraction of sp³-hybridized carbons (Fsp3) is 0.778. The number of rotatable bonds is 6. The lowest BCUT2D eigenvalue weighted by Crippen LogP contribution is -2.27. The van der Waals surface area contributed by atoms with E-state index in [0.29, 0.717) is 6.04 Å². The maximum atomic E-state index is 4.17. The van der Waals surface area contributed by atoms with Crippen LogP contribution in [0.1, 0.15) is 19.8 Å². The van der Waals surface area contributed by atoms with Gasteiger partial charge in [-0.3, -0.25) is 0 Å². The molecule has 0 fully saturated rings. The second kappa shape index (κ2) is 6.03. The van der Waals surface area contributed by atoms with Gasteiger partial charge in [0, 0.05) is 18.8 Å². The molecular weight excluding hydrogens is 196 g/mol. The second-order valence-corrected chi connectivity index (χ2v) is 4.24. The summed E-state index contributed by atoms with van der Waals surface area (Å²) in [5, 5.41) is 8.32. The third-order valence-corrected chi connectivity index (χ3v) is 3.33. The van der Waals surface area contributed by atoms with Gasteiger partial charge in [0.1, 0.15) is 6.33 Å². The van der Waals surface area contributed by atoms with Gasteiger partial charge in [-0.15, -0.1) is 0 Å². The standard InChI is InChI=1S/C9H18N4S/c1-4-5-8(10-2)6-14-9-11-7-12-13(9)3/h7-8,10H,4-6H2,1-3H3. The highest BCUT2D eigenvalue weighted by atomic mass is 32.2. The SMILES string of the molecule is CCCC(CSc1ncnn1C)NC. The van der Waals surface area contributed by atoms with E-state index in [2.05, 4.69) is 22.3 Å². The first kappa shape index (κ1) is 11.5. The summed E-state index contributed by atoms with van der Waals surface area (Å²) in [6.07, 6.45) is 4.02. The number of aryl methyl sites for hydroxylation is 1. The Morgan fingerprint density at radius 2 is 2.43 bits per heavy atom. The minimum atomic E-state index is 0.571. The highest BCUT2D eigenvalue weighted by Gasteiger charge is 2.07. The molecule has 1 rings (SSSR count). The van der Waals surface area contributed by atoms with E-state index in [1.807, 2.05) is 18.8 Å². The average Bonchev–Trinajstić information content (AvgIpc) is 2.59. The van der Waals surface area contributed by atoms with E-state index >= 15 is 0 Å². The van der Waals surface area contributed by atoms with Crippen molar-refractivity contribution in [2.24, 2.45) is 7.05 Å². The monoisotopic (exact) mass is 214 g/mol. The fourth-order valence-corrected chi connectivity index (χ4v) is 2.29. The van der Waals surface area contributed by atoms with Crippen molar-refractivity contribution in [1.82, 2.24) is 20.1 Å². The van der Waals surface area contributed by atoms with Gasteiger partial charge in [0.25, 0.3) is 0 Å². The van der Waals surface area contributed by atoms with E-state index in [9.17, 15) is 0 Å². The van der Waals surface area contributed by atoms with Gasteiger partial charge < -0.3 is 5.32 Å². The quantitative estimate of drug-likeness (QED) is 0.725. The Bertz CT molecular complexity index is 261. The van der Waals surface area contributed by atoms with Gasteiger partial charge in [0.05, 0.1) is 0 Å². The molecule has 0 amide bonds. The van der Waals surface area contributed by atoms with Crippen LogP contribution in [-0.4, -0.2) is 33.6 Å². The molecule has 5 heteroatoms. The maximum absolute atomic E-state index is 4.17. The summed E-state index contributed by atoms with van der Waals surface area (Å²) in [6.45, 7) is 2.21. The lowest BCUT2D eigenvalue weighted by atomic mass is 10.2. The van der Waals surface area contributed by atoms with Crippen molar-refractivity contribution in [1.29, 1.82) is 0 Å². The first-order valence-corrected chi connectivity index (χ1v) is 5.90. The molecule has 0 saturated carbocycles. The molecule has 0 aliphatic heterocycles. The molecule has 14 heavy (non-hydrogen) atoms. The molecule has 0 aliphatic carbocycles. The molecule has 1 aromatic heterocycles. The Labute approximate surface area is 89.5 Å². The van der Waals surface area contributed by atoms with E-state index in [0.717, 1.165) is 10.9 Å². The summed E-state index contributed by atoms with van der Waals surface area (Å²) in [5.41, 5.74) is 0. The summed E-state index contributed by atoms with van der Waals surface area (Å²) in [7, 11) is 3.93. The van der Waals surface area contributed by atoms with Crippen LogP contribution in [0.25, 0.3) is 0 Å². The molecular formula is C9H18N4S. The van der Waals surface area contributed by atoms with Crippen molar-refractivity contribution >= 4 is 11.8 Å². The highest BCUT2D eigenvalue weighted by Crippen LogP contribution is 2.15. The molecule has 0 aromatic carbocycles. The van der Waals surface area contributed by atoms with E-state index in [4.69, 9.17) is 0 Å². The number of nitrogens with one attached hydrogen (secondary N) is 1. The number of hydrogen-bond acceptors (Lipinski definition) is 4. The predicted octanol–water partition coefficient (Wildman–Crippen LogP) is 1.30. The van der Waals surface area contributed by atoms with E-state index in [1.54, 1.807) is 18.1 Å². The van der Waals surface area contributed by atoms with Crippen molar-refractivity contribution < 1.29 is 0 Å². The van der Waals surface area contributed by atoms with Crippen LogP contribution < -0.4 is 5.32 Å².